The van der Waals surface area contributed by atoms with E-state index in [4.69, 9.17) is 18.5 Å². The van der Waals surface area contributed by atoms with Crippen LogP contribution in [0.5, 0.6) is 0 Å². The van der Waals surface area contributed by atoms with Gasteiger partial charge in [0.1, 0.15) is 19.8 Å². The van der Waals surface area contributed by atoms with Gasteiger partial charge in [0.25, 0.3) is 0 Å². The third-order valence-electron chi connectivity index (χ3n) is 12.3. The maximum atomic E-state index is 12.8. The van der Waals surface area contributed by atoms with Crippen LogP contribution in [0.1, 0.15) is 245 Å². The van der Waals surface area contributed by atoms with Crippen LogP contribution >= 0.6 is 7.82 Å². The molecule has 0 aliphatic rings. The molecule has 2 atom stereocenters. The zero-order chi connectivity index (χ0) is 51.3. The Balaban J connectivity index is 4.17. The van der Waals surface area contributed by atoms with E-state index in [0.29, 0.717) is 17.4 Å². The number of hydrogen-bond acceptors (Lipinski definition) is 7. The standard InChI is InChI=1S/C60H108NO8P/c1-6-8-10-12-14-16-18-20-22-24-25-26-27-28-29-30-31-32-33-34-35-37-39-41-43-45-47-49-51-53-60(63)69-58(57-68-70(64,65)67-55-54-61(3,4)5)56-66-59(62)52-50-48-46-44-42-40-38-36-23-21-19-17-15-13-11-9-7-2/h8,10,14,16,20,22,25-26,28-29,31-32,58H,6-7,9,11-13,15,17-19,21,23-24,27,30,33-57H2,1-5H3/p+1/b10-8-,16-14-,22-20-,26-25-,29-28-,32-31-. The average molecular weight is 1000 g/mol. The van der Waals surface area contributed by atoms with E-state index >= 15 is 0 Å². The summed E-state index contributed by atoms with van der Waals surface area (Å²) in [4.78, 5) is 35.7. The van der Waals surface area contributed by atoms with Crippen LogP contribution in [0.4, 0.5) is 0 Å². The van der Waals surface area contributed by atoms with Gasteiger partial charge in [0, 0.05) is 12.8 Å². The molecule has 70 heavy (non-hydrogen) atoms. The van der Waals surface area contributed by atoms with Crippen LogP contribution in [0.25, 0.3) is 0 Å². The number of carbonyl (C=O) groups excluding carboxylic acids is 2. The summed E-state index contributed by atoms with van der Waals surface area (Å²) in [5.74, 6) is -0.796. The first kappa shape index (κ1) is 67.5. The summed E-state index contributed by atoms with van der Waals surface area (Å²) in [6.07, 6.45) is 66.7. The normalized spacial score (nSPS) is 13.9. The minimum atomic E-state index is -4.39. The summed E-state index contributed by atoms with van der Waals surface area (Å²) in [6, 6.07) is 0. The number of phosphoric ester groups is 1. The molecule has 0 aliphatic heterocycles. The van der Waals surface area contributed by atoms with Crippen molar-refractivity contribution in [2.45, 2.75) is 251 Å². The molecule has 10 heteroatoms. The molecule has 0 rings (SSSR count). The molecular weight excluding hydrogens is 894 g/mol. The van der Waals surface area contributed by atoms with E-state index < -0.39 is 26.5 Å². The highest BCUT2D eigenvalue weighted by Crippen LogP contribution is 2.43. The van der Waals surface area contributed by atoms with E-state index in [-0.39, 0.29) is 32.0 Å². The predicted octanol–water partition coefficient (Wildman–Crippen LogP) is 17.7. The molecular formula is C60H109NO8P+. The van der Waals surface area contributed by atoms with Crippen LogP contribution < -0.4 is 0 Å². The van der Waals surface area contributed by atoms with Crippen molar-refractivity contribution in [2.75, 3.05) is 47.5 Å². The summed E-state index contributed by atoms with van der Waals surface area (Å²) in [5.41, 5.74) is 0. The minimum absolute atomic E-state index is 0.0296. The molecule has 0 aromatic rings. The van der Waals surface area contributed by atoms with Gasteiger partial charge in [0.15, 0.2) is 6.10 Å². The number of hydrogen-bond donors (Lipinski definition) is 1. The lowest BCUT2D eigenvalue weighted by Crippen LogP contribution is -2.37. The molecule has 0 saturated carbocycles. The van der Waals surface area contributed by atoms with Crippen molar-refractivity contribution in [1.29, 1.82) is 0 Å². The van der Waals surface area contributed by atoms with Crippen molar-refractivity contribution in [1.82, 2.24) is 0 Å². The second kappa shape index (κ2) is 51.4. The van der Waals surface area contributed by atoms with Gasteiger partial charge in [-0.25, -0.2) is 4.57 Å². The lowest BCUT2D eigenvalue weighted by molar-refractivity contribution is -0.870. The smallest absolute Gasteiger partial charge is 0.462 e. The summed E-state index contributed by atoms with van der Waals surface area (Å²) in [7, 11) is 1.47. The first-order chi connectivity index (χ1) is 34.0. The number of rotatable bonds is 52. The number of esters is 2. The van der Waals surface area contributed by atoms with Gasteiger partial charge in [-0.05, 0) is 64.2 Å². The van der Waals surface area contributed by atoms with Gasteiger partial charge in [-0.1, -0.05) is 241 Å². The highest BCUT2D eigenvalue weighted by molar-refractivity contribution is 7.47. The Morgan fingerprint density at radius 2 is 0.814 bits per heavy atom. The Morgan fingerprint density at radius 1 is 0.457 bits per heavy atom. The fourth-order valence-electron chi connectivity index (χ4n) is 7.84. The van der Waals surface area contributed by atoms with Gasteiger partial charge in [-0.2, -0.15) is 0 Å². The average Bonchev–Trinajstić information content (AvgIpc) is 3.32. The van der Waals surface area contributed by atoms with Crippen LogP contribution in [0.15, 0.2) is 72.9 Å². The van der Waals surface area contributed by atoms with Crippen molar-refractivity contribution in [3.05, 3.63) is 72.9 Å². The maximum absolute atomic E-state index is 12.8. The van der Waals surface area contributed by atoms with Gasteiger partial charge in [0.2, 0.25) is 0 Å². The largest absolute Gasteiger partial charge is 0.472 e. The van der Waals surface area contributed by atoms with E-state index in [1.807, 2.05) is 21.1 Å². The third kappa shape index (κ3) is 54.8. The number of carbonyl (C=O) groups is 2. The highest BCUT2D eigenvalue weighted by Gasteiger charge is 2.27. The number of allylic oxidation sites excluding steroid dienone is 12. The van der Waals surface area contributed by atoms with Crippen LogP contribution in [0.2, 0.25) is 0 Å². The number of ether oxygens (including phenoxy) is 2. The Hall–Kier alpha value is -2.55. The van der Waals surface area contributed by atoms with Crippen LogP contribution in [0.3, 0.4) is 0 Å². The van der Waals surface area contributed by atoms with Crippen molar-refractivity contribution >= 4 is 19.8 Å². The van der Waals surface area contributed by atoms with E-state index in [2.05, 4.69) is 86.8 Å². The summed E-state index contributed by atoms with van der Waals surface area (Å²) in [6.45, 7) is 4.34. The second-order valence-corrected chi connectivity index (χ2v) is 21.8. The van der Waals surface area contributed by atoms with E-state index in [0.717, 1.165) is 83.5 Å². The number of nitrogens with zero attached hydrogens (tertiary/aromatic N) is 1. The Morgan fingerprint density at radius 3 is 1.21 bits per heavy atom. The summed E-state index contributed by atoms with van der Waals surface area (Å²) < 4.78 is 34.6. The zero-order valence-corrected chi connectivity index (χ0v) is 46.9. The lowest BCUT2D eigenvalue weighted by Gasteiger charge is -2.24. The molecule has 0 radical (unpaired) electrons. The molecule has 2 unspecified atom stereocenters. The molecule has 0 spiro atoms. The van der Waals surface area contributed by atoms with Crippen molar-refractivity contribution in [3.63, 3.8) is 0 Å². The van der Waals surface area contributed by atoms with Crippen molar-refractivity contribution in [2.24, 2.45) is 0 Å². The minimum Gasteiger partial charge on any atom is -0.462 e. The molecule has 0 aliphatic carbocycles. The molecule has 0 heterocycles. The quantitative estimate of drug-likeness (QED) is 0.0211. The van der Waals surface area contributed by atoms with Gasteiger partial charge < -0.3 is 18.9 Å². The Kier molecular flexibility index (Phi) is 49.5. The van der Waals surface area contributed by atoms with Crippen molar-refractivity contribution < 1.29 is 42.1 Å². The molecule has 1 N–H and O–H groups in total. The molecule has 9 nitrogen and oxygen atoms in total. The highest BCUT2D eigenvalue weighted by atomic mass is 31.2. The van der Waals surface area contributed by atoms with Gasteiger partial charge in [-0.15, -0.1) is 0 Å². The summed E-state index contributed by atoms with van der Waals surface area (Å²) >= 11 is 0. The van der Waals surface area contributed by atoms with Crippen LogP contribution in [-0.4, -0.2) is 74.9 Å². The number of unbranched alkanes of at least 4 members (excludes halogenated alkanes) is 26. The lowest BCUT2D eigenvalue weighted by atomic mass is 10.0. The van der Waals surface area contributed by atoms with Crippen LogP contribution in [0, 0.1) is 0 Å². The molecule has 0 saturated heterocycles. The fourth-order valence-corrected chi connectivity index (χ4v) is 8.58. The molecule has 0 bridgehead atoms. The maximum Gasteiger partial charge on any atom is 0.472 e. The first-order valence-corrected chi connectivity index (χ1v) is 30.2. The topological polar surface area (TPSA) is 108 Å². The predicted molar refractivity (Wildman–Crippen MR) is 298 cm³/mol. The van der Waals surface area contributed by atoms with E-state index in [1.165, 1.54) is 128 Å². The van der Waals surface area contributed by atoms with E-state index in [9.17, 15) is 19.0 Å². The SMILES string of the molecule is CC/C=C\C/C=C\C/C=C\C/C=C\C/C=C\C/C=C\CCCCCCCCCCCCC(=O)OC(COC(=O)CCCCCCCCCCCCCCCCCCC)COP(=O)(O)OCC[N+](C)(C)C. The number of phosphoric acid groups is 1. The van der Waals surface area contributed by atoms with Gasteiger partial charge in [0.05, 0.1) is 27.7 Å². The molecule has 406 valence electrons. The second-order valence-electron chi connectivity index (χ2n) is 20.3. The molecule has 0 aromatic heterocycles. The first-order valence-electron chi connectivity index (χ1n) is 28.7. The van der Waals surface area contributed by atoms with Gasteiger partial charge in [-0.3, -0.25) is 18.6 Å². The van der Waals surface area contributed by atoms with Crippen LogP contribution in [-0.2, 0) is 32.7 Å². The number of likely N-dealkylation sites (N-methyl/N-ethyl adjacent to an activating group) is 1. The Labute approximate surface area is 431 Å². The monoisotopic (exact) mass is 1000 g/mol. The van der Waals surface area contributed by atoms with E-state index in [1.54, 1.807) is 0 Å². The molecule has 0 aromatic carbocycles. The fraction of sp³-hybridized carbons (Fsp3) is 0.767. The third-order valence-corrected chi connectivity index (χ3v) is 13.2. The summed E-state index contributed by atoms with van der Waals surface area (Å²) in [5, 5.41) is 0. The van der Waals surface area contributed by atoms with Crippen molar-refractivity contribution in [3.8, 4) is 0 Å². The number of quaternary nitrogens is 1. The molecule has 0 amide bonds. The molecule has 0 fully saturated rings. The zero-order valence-electron chi connectivity index (χ0n) is 46.0. The Bertz CT molecular complexity index is 1410. The van der Waals surface area contributed by atoms with Gasteiger partial charge >= 0.3 is 19.8 Å².